The number of ether oxygens (including phenoxy) is 1. The number of nitrogens with zero attached hydrogens (tertiary/aromatic N) is 1. The van der Waals surface area contributed by atoms with E-state index in [1.165, 1.54) is 36.4 Å². The number of hydrogen-bond donors (Lipinski definition) is 3. The number of hydrazine groups is 1. The second-order valence-corrected chi connectivity index (χ2v) is 5.03. The first-order valence-corrected chi connectivity index (χ1v) is 7.73. The monoisotopic (exact) mass is 366 g/mol. The van der Waals surface area contributed by atoms with Gasteiger partial charge < -0.3 is 4.74 Å². The summed E-state index contributed by atoms with van der Waals surface area (Å²) in [5.41, 5.74) is 5.30. The van der Waals surface area contributed by atoms with Gasteiger partial charge in [0.25, 0.3) is 5.69 Å². The van der Waals surface area contributed by atoms with E-state index in [4.69, 9.17) is 17.0 Å². The Kier molecular flexibility index (Phi) is 8.75. The molecule has 1 aromatic rings. The third kappa shape index (κ3) is 8.53. The van der Waals surface area contributed by atoms with Gasteiger partial charge in [0.2, 0.25) is 11.8 Å². The smallest absolute Gasteiger partial charge is 0.269 e. The maximum atomic E-state index is 11.7. The number of amides is 2. The van der Waals surface area contributed by atoms with E-state index < -0.39 is 10.8 Å². The number of hydrogen-bond acceptors (Lipinski definition) is 6. The van der Waals surface area contributed by atoms with E-state index in [2.05, 4.69) is 16.2 Å². The highest BCUT2D eigenvalue weighted by atomic mass is 32.1. The second-order valence-electron chi connectivity index (χ2n) is 4.62. The Morgan fingerprint density at radius 2 is 1.96 bits per heavy atom. The van der Waals surface area contributed by atoms with E-state index >= 15 is 0 Å². The molecule has 0 aliphatic heterocycles. The number of nitrogens with one attached hydrogen (secondary N) is 3. The van der Waals surface area contributed by atoms with E-state index in [1.807, 2.05) is 6.92 Å². The number of nitro groups is 1. The van der Waals surface area contributed by atoms with Crippen LogP contribution in [0.15, 0.2) is 30.3 Å². The Bertz CT molecular complexity index is 660. The third-order valence-corrected chi connectivity index (χ3v) is 2.96. The van der Waals surface area contributed by atoms with Crippen LogP contribution < -0.4 is 16.2 Å². The molecule has 0 atom stereocenters. The van der Waals surface area contributed by atoms with Crippen molar-refractivity contribution in [3.8, 4) is 0 Å². The fraction of sp³-hybridized carbons (Fsp3) is 0.267. The summed E-state index contributed by atoms with van der Waals surface area (Å²) in [6.45, 7) is 2.64. The molecule has 0 spiro atoms. The number of non-ortho nitro benzene ring substituents is 1. The van der Waals surface area contributed by atoms with Crippen molar-refractivity contribution in [2.75, 3.05) is 13.2 Å². The molecule has 134 valence electrons. The van der Waals surface area contributed by atoms with Gasteiger partial charge in [-0.05, 0) is 42.9 Å². The molecule has 10 heteroatoms. The van der Waals surface area contributed by atoms with Gasteiger partial charge in [-0.1, -0.05) is 0 Å². The van der Waals surface area contributed by atoms with Crippen molar-refractivity contribution in [2.24, 2.45) is 0 Å². The minimum Gasteiger partial charge on any atom is -0.381 e. The first-order valence-electron chi connectivity index (χ1n) is 7.32. The van der Waals surface area contributed by atoms with E-state index in [9.17, 15) is 19.7 Å². The average molecular weight is 366 g/mol. The van der Waals surface area contributed by atoms with Crippen LogP contribution in [-0.2, 0) is 14.3 Å². The highest BCUT2D eigenvalue weighted by Gasteiger charge is 2.05. The molecule has 0 bridgehead atoms. The van der Waals surface area contributed by atoms with Gasteiger partial charge >= 0.3 is 0 Å². The van der Waals surface area contributed by atoms with E-state index in [0.717, 1.165) is 0 Å². The van der Waals surface area contributed by atoms with Crippen LogP contribution >= 0.6 is 12.2 Å². The first kappa shape index (κ1) is 20.2. The number of carbonyl (C=O) groups excluding carboxylic acids is 2. The molecule has 0 unspecified atom stereocenters. The number of nitro benzene ring substituents is 1. The Hall–Kier alpha value is -2.85. The average Bonchev–Trinajstić information content (AvgIpc) is 2.58. The van der Waals surface area contributed by atoms with E-state index in [1.54, 1.807) is 0 Å². The van der Waals surface area contributed by atoms with Crippen LogP contribution in [-0.4, -0.2) is 35.1 Å². The van der Waals surface area contributed by atoms with Crippen molar-refractivity contribution >= 4 is 40.9 Å². The standard InChI is InChI=1S/C15H18N4O5S/c1-2-24-10-9-14(21)17-18-15(25)16-13(20)8-5-11-3-6-12(7-4-11)19(22)23/h3-8H,2,9-10H2,1H3,(H,17,21)(H2,16,18,20,25)/b8-5+. The lowest BCUT2D eigenvalue weighted by Crippen LogP contribution is -2.48. The Morgan fingerprint density at radius 1 is 1.28 bits per heavy atom. The molecule has 0 aliphatic rings. The van der Waals surface area contributed by atoms with Crippen LogP contribution in [0, 0.1) is 10.1 Å². The van der Waals surface area contributed by atoms with Crippen molar-refractivity contribution in [1.82, 2.24) is 16.2 Å². The molecule has 0 saturated heterocycles. The van der Waals surface area contributed by atoms with Crippen molar-refractivity contribution in [1.29, 1.82) is 0 Å². The van der Waals surface area contributed by atoms with Crippen molar-refractivity contribution in [3.05, 3.63) is 46.0 Å². The van der Waals surface area contributed by atoms with Crippen LogP contribution in [0.25, 0.3) is 6.08 Å². The zero-order chi connectivity index (χ0) is 18.7. The molecule has 0 aromatic heterocycles. The fourth-order valence-electron chi connectivity index (χ4n) is 1.56. The lowest BCUT2D eigenvalue weighted by Gasteiger charge is -2.09. The summed E-state index contributed by atoms with van der Waals surface area (Å²) >= 11 is 4.86. The molecule has 0 radical (unpaired) electrons. The molecule has 1 rings (SSSR count). The zero-order valence-corrected chi connectivity index (χ0v) is 14.3. The summed E-state index contributed by atoms with van der Waals surface area (Å²) in [6, 6.07) is 5.69. The number of benzene rings is 1. The lowest BCUT2D eigenvalue weighted by molar-refractivity contribution is -0.384. The van der Waals surface area contributed by atoms with E-state index in [-0.39, 0.29) is 23.1 Å². The third-order valence-electron chi connectivity index (χ3n) is 2.76. The Labute approximate surface area is 149 Å². The maximum absolute atomic E-state index is 11.7. The predicted molar refractivity (Wildman–Crippen MR) is 95.3 cm³/mol. The summed E-state index contributed by atoms with van der Waals surface area (Å²) in [7, 11) is 0. The number of thiocarbonyl (C=S) groups is 1. The molecule has 1 aromatic carbocycles. The molecule has 0 aliphatic carbocycles. The normalized spacial score (nSPS) is 10.3. The predicted octanol–water partition coefficient (Wildman–Crippen LogP) is 1.06. The summed E-state index contributed by atoms with van der Waals surface area (Å²) in [5, 5.41) is 12.8. The van der Waals surface area contributed by atoms with E-state index in [0.29, 0.717) is 18.8 Å². The molecular formula is C15H18N4O5S. The van der Waals surface area contributed by atoms with Gasteiger partial charge in [0.05, 0.1) is 18.0 Å². The van der Waals surface area contributed by atoms with Gasteiger partial charge in [-0.25, -0.2) is 0 Å². The van der Waals surface area contributed by atoms with Gasteiger partial charge in [0.15, 0.2) is 5.11 Å². The molecule has 0 heterocycles. The van der Waals surface area contributed by atoms with Crippen LogP contribution in [0.3, 0.4) is 0 Å². The van der Waals surface area contributed by atoms with Gasteiger partial charge in [-0.2, -0.15) is 0 Å². The van der Waals surface area contributed by atoms with Gasteiger partial charge in [-0.15, -0.1) is 0 Å². The van der Waals surface area contributed by atoms with Crippen LogP contribution in [0.5, 0.6) is 0 Å². The fourth-order valence-corrected chi connectivity index (χ4v) is 1.71. The summed E-state index contributed by atoms with van der Waals surface area (Å²) in [4.78, 5) is 33.1. The minimum atomic E-state index is -0.514. The maximum Gasteiger partial charge on any atom is 0.269 e. The molecular weight excluding hydrogens is 348 g/mol. The topological polar surface area (TPSA) is 123 Å². The minimum absolute atomic E-state index is 0.0351. The molecule has 0 saturated carbocycles. The number of carbonyl (C=O) groups is 2. The van der Waals surface area contributed by atoms with Crippen molar-refractivity contribution in [3.63, 3.8) is 0 Å². The SMILES string of the molecule is CCOCCC(=O)NNC(=S)NC(=O)/C=C/c1ccc([N+](=O)[O-])cc1. The van der Waals surface area contributed by atoms with Crippen LogP contribution in [0.2, 0.25) is 0 Å². The quantitative estimate of drug-likeness (QED) is 0.217. The van der Waals surface area contributed by atoms with Crippen molar-refractivity contribution in [2.45, 2.75) is 13.3 Å². The molecule has 2 amide bonds. The highest BCUT2D eigenvalue weighted by molar-refractivity contribution is 7.80. The van der Waals surface area contributed by atoms with Gasteiger partial charge in [0.1, 0.15) is 0 Å². The van der Waals surface area contributed by atoms with Gasteiger partial charge in [-0.3, -0.25) is 35.9 Å². The van der Waals surface area contributed by atoms with Gasteiger partial charge in [0, 0.05) is 24.8 Å². The second kappa shape index (κ2) is 10.8. The molecule has 0 fully saturated rings. The molecule has 9 nitrogen and oxygen atoms in total. The summed E-state index contributed by atoms with van der Waals surface area (Å²) < 4.78 is 5.03. The largest absolute Gasteiger partial charge is 0.381 e. The molecule has 3 N–H and O–H groups in total. The summed E-state index contributed by atoms with van der Waals surface area (Å²) in [6.07, 6.45) is 2.85. The first-order chi connectivity index (χ1) is 11.9. The zero-order valence-electron chi connectivity index (χ0n) is 13.5. The van der Waals surface area contributed by atoms with Crippen LogP contribution in [0.4, 0.5) is 5.69 Å². The summed E-state index contributed by atoms with van der Waals surface area (Å²) in [5.74, 6) is -0.842. The number of rotatable bonds is 7. The van der Waals surface area contributed by atoms with Crippen molar-refractivity contribution < 1.29 is 19.2 Å². The Balaban J connectivity index is 2.36. The lowest BCUT2D eigenvalue weighted by atomic mass is 10.2. The Morgan fingerprint density at radius 3 is 2.56 bits per heavy atom. The van der Waals surface area contributed by atoms with Crippen LogP contribution in [0.1, 0.15) is 18.9 Å². The molecule has 25 heavy (non-hydrogen) atoms. The highest BCUT2D eigenvalue weighted by Crippen LogP contribution is 2.12.